The first-order valence-corrected chi connectivity index (χ1v) is 7.87. The van der Waals surface area contributed by atoms with Crippen molar-refractivity contribution in [2.45, 2.75) is 17.4 Å². The van der Waals surface area contributed by atoms with Crippen molar-refractivity contribution >= 4 is 35.0 Å². The molecule has 3 rings (SSSR count). The van der Waals surface area contributed by atoms with Crippen LogP contribution in [-0.4, -0.2) is 43.4 Å². The summed E-state index contributed by atoms with van der Waals surface area (Å²) in [5.74, 6) is 0.360. The van der Waals surface area contributed by atoms with Crippen molar-refractivity contribution in [3.05, 3.63) is 18.2 Å². The first kappa shape index (κ1) is 14.4. The van der Waals surface area contributed by atoms with Crippen molar-refractivity contribution in [1.82, 2.24) is 5.32 Å². The molecule has 2 aliphatic heterocycles. The quantitative estimate of drug-likeness (QED) is 0.778. The molecule has 7 heteroatoms. The van der Waals surface area contributed by atoms with Crippen LogP contribution in [0.1, 0.15) is 6.42 Å². The van der Waals surface area contributed by atoms with Crippen molar-refractivity contribution in [3.8, 4) is 0 Å². The molecular formula is C14H17N3O3S. The second kappa shape index (κ2) is 6.46. The fourth-order valence-electron chi connectivity index (χ4n) is 2.35. The average Bonchev–Trinajstić information content (AvgIpc) is 2.47. The lowest BCUT2D eigenvalue weighted by Crippen LogP contribution is -2.43. The van der Waals surface area contributed by atoms with Crippen LogP contribution in [0, 0.1) is 0 Å². The molecule has 1 fully saturated rings. The van der Waals surface area contributed by atoms with Crippen molar-refractivity contribution in [2.24, 2.45) is 0 Å². The Bertz CT molecular complexity index is 558. The van der Waals surface area contributed by atoms with E-state index in [1.54, 1.807) is 6.07 Å². The van der Waals surface area contributed by atoms with Gasteiger partial charge in [0.1, 0.15) is 0 Å². The molecule has 0 spiro atoms. The number of rotatable bonds is 3. The highest BCUT2D eigenvalue weighted by molar-refractivity contribution is 8.00. The van der Waals surface area contributed by atoms with E-state index in [1.165, 1.54) is 11.8 Å². The Labute approximate surface area is 127 Å². The first-order valence-electron chi connectivity index (χ1n) is 6.88. The number of ether oxygens (including phenoxy) is 1. The largest absolute Gasteiger partial charge is 0.378 e. The molecule has 21 heavy (non-hydrogen) atoms. The minimum atomic E-state index is -0.0623. The van der Waals surface area contributed by atoms with E-state index in [2.05, 4.69) is 16.0 Å². The summed E-state index contributed by atoms with van der Waals surface area (Å²) in [5, 5.41) is 8.92. The van der Waals surface area contributed by atoms with E-state index in [1.807, 2.05) is 12.1 Å². The number of nitrogens with one attached hydrogen (secondary N) is 3. The normalized spacial score (nSPS) is 21.3. The predicted molar refractivity (Wildman–Crippen MR) is 81.7 cm³/mol. The number of fused-ring (bicyclic) bond motifs is 1. The molecule has 0 aliphatic carbocycles. The third-order valence-corrected chi connectivity index (χ3v) is 4.40. The lowest BCUT2D eigenvalue weighted by Gasteiger charge is -2.23. The Morgan fingerprint density at radius 1 is 1.48 bits per heavy atom. The van der Waals surface area contributed by atoms with Gasteiger partial charge in [-0.2, -0.15) is 0 Å². The van der Waals surface area contributed by atoms with E-state index in [0.29, 0.717) is 31.1 Å². The molecular weight excluding hydrogens is 290 g/mol. The minimum absolute atomic E-state index is 0.0143. The number of hydrogen-bond donors (Lipinski definition) is 3. The van der Waals surface area contributed by atoms with Crippen molar-refractivity contribution in [2.75, 3.05) is 36.1 Å². The van der Waals surface area contributed by atoms with E-state index in [0.717, 1.165) is 17.1 Å². The molecule has 112 valence electrons. The van der Waals surface area contributed by atoms with Gasteiger partial charge in [0.15, 0.2) is 0 Å². The third kappa shape index (κ3) is 3.75. The van der Waals surface area contributed by atoms with Crippen LogP contribution in [0.3, 0.4) is 0 Å². The molecule has 1 unspecified atom stereocenters. The lowest BCUT2D eigenvalue weighted by molar-refractivity contribution is -0.117. The zero-order chi connectivity index (χ0) is 14.7. The molecule has 0 aromatic heterocycles. The number of morpholine rings is 1. The molecule has 1 saturated heterocycles. The van der Waals surface area contributed by atoms with Crippen molar-refractivity contribution in [1.29, 1.82) is 0 Å². The van der Waals surface area contributed by atoms with Crippen LogP contribution in [0.2, 0.25) is 0 Å². The molecule has 2 heterocycles. The van der Waals surface area contributed by atoms with Crippen LogP contribution in [-0.2, 0) is 14.3 Å². The molecule has 6 nitrogen and oxygen atoms in total. The summed E-state index contributed by atoms with van der Waals surface area (Å²) in [7, 11) is 0. The van der Waals surface area contributed by atoms with Crippen LogP contribution >= 0.6 is 11.8 Å². The van der Waals surface area contributed by atoms with Crippen LogP contribution in [0.15, 0.2) is 23.1 Å². The van der Waals surface area contributed by atoms with Gasteiger partial charge in [0.2, 0.25) is 11.8 Å². The van der Waals surface area contributed by atoms with Gasteiger partial charge in [-0.05, 0) is 18.2 Å². The van der Waals surface area contributed by atoms with Crippen LogP contribution in [0.25, 0.3) is 0 Å². The third-order valence-electron chi connectivity index (χ3n) is 3.33. The molecule has 1 aromatic rings. The average molecular weight is 307 g/mol. The Kier molecular flexibility index (Phi) is 4.42. The summed E-state index contributed by atoms with van der Waals surface area (Å²) >= 11 is 1.50. The monoisotopic (exact) mass is 307 g/mol. The molecule has 0 bridgehead atoms. The molecule has 3 N–H and O–H groups in total. The predicted octanol–water partition coefficient (Wildman–Crippen LogP) is 1.05. The second-order valence-corrected chi connectivity index (χ2v) is 6.04. The van der Waals surface area contributed by atoms with Gasteiger partial charge < -0.3 is 20.7 Å². The Hall–Kier alpha value is -1.57. The standard InChI is InChI=1S/C14H17N3O3S/c18-13(6-10-7-20-4-3-15-10)16-9-1-2-12-11(5-9)17-14(19)8-21-12/h1-2,5,10,15H,3-4,6-8H2,(H,16,18)(H,17,19). The van der Waals surface area contributed by atoms with E-state index in [4.69, 9.17) is 4.74 Å². The number of carbonyl (C=O) groups excluding carboxylic acids is 2. The first-order chi connectivity index (χ1) is 10.2. The van der Waals surface area contributed by atoms with E-state index < -0.39 is 0 Å². The fraction of sp³-hybridized carbons (Fsp3) is 0.429. The topological polar surface area (TPSA) is 79.5 Å². The maximum Gasteiger partial charge on any atom is 0.234 e. The Morgan fingerprint density at radius 3 is 3.19 bits per heavy atom. The van der Waals surface area contributed by atoms with E-state index >= 15 is 0 Å². The summed E-state index contributed by atoms with van der Waals surface area (Å²) in [6.07, 6.45) is 0.373. The fourth-order valence-corrected chi connectivity index (χ4v) is 3.14. The minimum Gasteiger partial charge on any atom is -0.378 e. The smallest absolute Gasteiger partial charge is 0.234 e. The molecule has 1 aromatic carbocycles. The zero-order valence-electron chi connectivity index (χ0n) is 11.5. The van der Waals surface area contributed by atoms with Crippen molar-refractivity contribution < 1.29 is 14.3 Å². The van der Waals surface area contributed by atoms with Gasteiger partial charge in [-0.1, -0.05) is 0 Å². The molecule has 2 amide bonds. The maximum atomic E-state index is 12.0. The van der Waals surface area contributed by atoms with Gasteiger partial charge in [0.25, 0.3) is 0 Å². The van der Waals surface area contributed by atoms with Gasteiger partial charge in [-0.15, -0.1) is 11.8 Å². The number of anilines is 2. The van der Waals surface area contributed by atoms with Crippen LogP contribution < -0.4 is 16.0 Å². The molecule has 2 aliphatic rings. The van der Waals surface area contributed by atoms with Gasteiger partial charge in [-0.3, -0.25) is 9.59 Å². The summed E-state index contributed by atoms with van der Waals surface area (Å²) in [5.41, 5.74) is 1.45. The summed E-state index contributed by atoms with van der Waals surface area (Å²) in [6.45, 7) is 2.03. The van der Waals surface area contributed by atoms with Crippen LogP contribution in [0.5, 0.6) is 0 Å². The van der Waals surface area contributed by atoms with Crippen molar-refractivity contribution in [3.63, 3.8) is 0 Å². The number of carbonyl (C=O) groups is 2. The number of amides is 2. The maximum absolute atomic E-state index is 12.0. The van der Waals surface area contributed by atoms with Gasteiger partial charge in [0.05, 0.1) is 24.7 Å². The van der Waals surface area contributed by atoms with E-state index in [9.17, 15) is 9.59 Å². The highest BCUT2D eigenvalue weighted by Gasteiger charge is 2.18. The lowest BCUT2D eigenvalue weighted by atomic mass is 10.2. The van der Waals surface area contributed by atoms with Crippen LogP contribution in [0.4, 0.5) is 11.4 Å². The highest BCUT2D eigenvalue weighted by atomic mass is 32.2. The van der Waals surface area contributed by atoms with Gasteiger partial charge in [0, 0.05) is 29.6 Å². The number of thioether (sulfide) groups is 1. The molecule has 0 radical (unpaired) electrons. The summed E-state index contributed by atoms with van der Waals surface area (Å²) < 4.78 is 5.33. The molecule has 0 saturated carbocycles. The SMILES string of the molecule is O=C(CC1COCCN1)Nc1ccc2c(c1)NC(=O)CS2. The van der Waals surface area contributed by atoms with E-state index in [-0.39, 0.29) is 17.9 Å². The Morgan fingerprint density at radius 2 is 2.38 bits per heavy atom. The second-order valence-electron chi connectivity index (χ2n) is 5.03. The number of hydrogen-bond acceptors (Lipinski definition) is 5. The summed E-state index contributed by atoms with van der Waals surface area (Å²) in [4.78, 5) is 24.4. The summed E-state index contributed by atoms with van der Waals surface area (Å²) in [6, 6.07) is 5.62. The Balaban J connectivity index is 1.60. The zero-order valence-corrected chi connectivity index (χ0v) is 12.3. The van der Waals surface area contributed by atoms with Gasteiger partial charge >= 0.3 is 0 Å². The number of benzene rings is 1. The molecule has 1 atom stereocenters. The highest BCUT2D eigenvalue weighted by Crippen LogP contribution is 2.33. The van der Waals surface area contributed by atoms with Gasteiger partial charge in [-0.25, -0.2) is 0 Å².